The molecule has 0 radical (unpaired) electrons. The standard InChI is InChI=1S/C18H15F3N2OSe/c1-12-17(13(2)23(22-12)14-6-4-3-5-7-14)25-16-10-8-15(9-11-16)24-18(19,20)21/h3-11H,1-2H3. The maximum atomic E-state index is 12.2. The molecule has 3 rings (SSSR count). The molecule has 1 heterocycles. The van der Waals surface area contributed by atoms with Crippen LogP contribution in [-0.4, -0.2) is 31.1 Å². The number of halogens is 3. The molecule has 1 aromatic heterocycles. The van der Waals surface area contributed by atoms with Gasteiger partial charge in [-0.1, -0.05) is 0 Å². The third-order valence-electron chi connectivity index (χ3n) is 3.50. The number of hydrogen-bond donors (Lipinski definition) is 0. The molecule has 0 unspecified atom stereocenters. The van der Waals surface area contributed by atoms with Gasteiger partial charge >= 0.3 is 149 Å². The van der Waals surface area contributed by atoms with Crippen LogP contribution in [-0.2, 0) is 0 Å². The second-order valence-corrected chi connectivity index (χ2v) is 7.64. The predicted molar refractivity (Wildman–Crippen MR) is 91.2 cm³/mol. The van der Waals surface area contributed by atoms with E-state index >= 15 is 0 Å². The maximum absolute atomic E-state index is 12.2. The fourth-order valence-electron chi connectivity index (χ4n) is 2.42. The van der Waals surface area contributed by atoms with Gasteiger partial charge in [-0.25, -0.2) is 0 Å². The fourth-order valence-corrected chi connectivity index (χ4v) is 4.38. The van der Waals surface area contributed by atoms with Gasteiger partial charge in [-0.2, -0.15) is 0 Å². The van der Waals surface area contributed by atoms with E-state index in [9.17, 15) is 13.2 Å². The van der Waals surface area contributed by atoms with Gasteiger partial charge in [0.05, 0.1) is 0 Å². The van der Waals surface area contributed by atoms with Gasteiger partial charge in [0.25, 0.3) is 0 Å². The molecule has 0 bridgehead atoms. The number of hydrogen-bond acceptors (Lipinski definition) is 2. The second-order valence-electron chi connectivity index (χ2n) is 5.37. The van der Waals surface area contributed by atoms with E-state index in [0.29, 0.717) is 0 Å². The topological polar surface area (TPSA) is 27.1 Å². The Bertz CT molecular complexity index is 859. The molecule has 0 aliphatic carbocycles. The van der Waals surface area contributed by atoms with E-state index < -0.39 is 6.36 Å². The Morgan fingerprint density at radius 3 is 2.20 bits per heavy atom. The average Bonchev–Trinajstić information content (AvgIpc) is 2.84. The summed E-state index contributed by atoms with van der Waals surface area (Å²) in [5, 5.41) is 4.60. The quantitative estimate of drug-likeness (QED) is 0.618. The summed E-state index contributed by atoms with van der Waals surface area (Å²) in [6.45, 7) is 3.95. The van der Waals surface area contributed by atoms with Gasteiger partial charge in [0.2, 0.25) is 0 Å². The molecule has 3 aromatic rings. The zero-order chi connectivity index (χ0) is 18.0. The van der Waals surface area contributed by atoms with Crippen molar-refractivity contribution < 1.29 is 17.9 Å². The Labute approximate surface area is 149 Å². The summed E-state index contributed by atoms with van der Waals surface area (Å²) >= 11 is -0.0576. The van der Waals surface area contributed by atoms with Crippen LogP contribution in [0, 0.1) is 13.8 Å². The molecule has 0 amide bonds. The molecular weight excluding hydrogens is 396 g/mol. The average molecular weight is 411 g/mol. The van der Waals surface area contributed by atoms with E-state index in [1.165, 1.54) is 12.1 Å². The van der Waals surface area contributed by atoms with E-state index in [1.54, 1.807) is 12.1 Å². The number of rotatable bonds is 4. The SMILES string of the molecule is Cc1nn(-c2ccccc2)c(C)c1[Se]c1ccc(OC(F)(F)F)cc1. The Kier molecular flexibility index (Phi) is 4.88. The Hall–Kier alpha value is -2.24. The van der Waals surface area contributed by atoms with E-state index in [-0.39, 0.29) is 20.7 Å². The van der Waals surface area contributed by atoms with Crippen LogP contribution in [0.3, 0.4) is 0 Å². The molecule has 0 saturated heterocycles. The number of alkyl halides is 3. The van der Waals surface area contributed by atoms with Crippen LogP contribution in [0.1, 0.15) is 11.4 Å². The van der Waals surface area contributed by atoms with Crippen LogP contribution >= 0.6 is 0 Å². The van der Waals surface area contributed by atoms with Gasteiger partial charge in [-0.15, -0.1) is 0 Å². The van der Waals surface area contributed by atoms with Crippen molar-refractivity contribution in [1.29, 1.82) is 0 Å². The van der Waals surface area contributed by atoms with Crippen molar-refractivity contribution in [2.75, 3.05) is 0 Å². The number of aromatic nitrogens is 2. The third kappa shape index (κ3) is 4.24. The second kappa shape index (κ2) is 6.94. The van der Waals surface area contributed by atoms with Crippen LogP contribution in [0.15, 0.2) is 54.6 Å². The van der Waals surface area contributed by atoms with Crippen LogP contribution in [0.2, 0.25) is 0 Å². The molecule has 25 heavy (non-hydrogen) atoms. The van der Waals surface area contributed by atoms with Crippen LogP contribution < -0.4 is 13.7 Å². The van der Waals surface area contributed by atoms with Gasteiger partial charge < -0.3 is 0 Å². The van der Waals surface area contributed by atoms with Crippen LogP contribution in [0.25, 0.3) is 5.69 Å². The minimum atomic E-state index is -4.67. The molecule has 0 aliphatic rings. The normalized spacial score (nSPS) is 11.6. The first-order valence-corrected chi connectivity index (χ1v) is 9.20. The van der Waals surface area contributed by atoms with Gasteiger partial charge in [-0.3, -0.25) is 0 Å². The molecule has 7 heteroatoms. The van der Waals surface area contributed by atoms with E-state index in [4.69, 9.17) is 0 Å². The fraction of sp³-hybridized carbons (Fsp3) is 0.167. The molecule has 3 nitrogen and oxygen atoms in total. The monoisotopic (exact) mass is 412 g/mol. The molecule has 130 valence electrons. The van der Waals surface area contributed by atoms with E-state index in [1.807, 2.05) is 48.9 Å². The van der Waals surface area contributed by atoms with Crippen molar-refractivity contribution in [3.8, 4) is 11.4 Å². The summed E-state index contributed by atoms with van der Waals surface area (Å²) in [6.07, 6.45) is -4.67. The molecule has 0 saturated carbocycles. The molecule has 0 atom stereocenters. The van der Waals surface area contributed by atoms with E-state index in [2.05, 4.69) is 9.84 Å². The van der Waals surface area contributed by atoms with Crippen molar-refractivity contribution >= 4 is 23.9 Å². The molecule has 0 N–H and O–H groups in total. The third-order valence-corrected chi connectivity index (χ3v) is 6.24. The summed E-state index contributed by atoms with van der Waals surface area (Å²) in [7, 11) is 0. The van der Waals surface area contributed by atoms with Crippen molar-refractivity contribution in [3.63, 3.8) is 0 Å². The van der Waals surface area contributed by atoms with E-state index in [0.717, 1.165) is 26.0 Å². The molecule has 0 aliphatic heterocycles. The summed E-state index contributed by atoms with van der Waals surface area (Å²) < 4.78 is 44.6. The Morgan fingerprint density at radius 1 is 0.960 bits per heavy atom. The summed E-state index contributed by atoms with van der Waals surface area (Å²) in [4.78, 5) is 0. The molecular formula is C18H15F3N2OSe. The number of benzene rings is 2. The van der Waals surface area contributed by atoms with Gasteiger partial charge in [0.15, 0.2) is 0 Å². The van der Waals surface area contributed by atoms with Crippen molar-refractivity contribution in [3.05, 3.63) is 66.0 Å². The number of para-hydroxylation sites is 1. The van der Waals surface area contributed by atoms with Gasteiger partial charge in [0, 0.05) is 0 Å². The zero-order valence-electron chi connectivity index (χ0n) is 13.5. The van der Waals surface area contributed by atoms with Gasteiger partial charge in [-0.05, 0) is 0 Å². The Morgan fingerprint density at radius 2 is 1.60 bits per heavy atom. The molecule has 2 aromatic carbocycles. The van der Waals surface area contributed by atoms with Crippen molar-refractivity contribution in [2.24, 2.45) is 0 Å². The summed E-state index contributed by atoms with van der Waals surface area (Å²) in [5.74, 6) is -0.208. The first kappa shape index (κ1) is 17.6. The molecule has 0 fully saturated rings. The number of aryl methyl sites for hydroxylation is 1. The number of ether oxygens (including phenoxy) is 1. The predicted octanol–water partition coefficient (Wildman–Crippen LogP) is 3.04. The molecule has 0 spiro atoms. The minimum absolute atomic E-state index is 0.0576. The van der Waals surface area contributed by atoms with Crippen LogP contribution in [0.4, 0.5) is 13.2 Å². The van der Waals surface area contributed by atoms with Crippen molar-refractivity contribution in [2.45, 2.75) is 20.2 Å². The number of nitrogens with zero attached hydrogens (tertiary/aromatic N) is 2. The Balaban J connectivity index is 1.83. The summed E-state index contributed by atoms with van der Waals surface area (Å²) in [6, 6.07) is 15.9. The first-order chi connectivity index (χ1) is 11.8. The summed E-state index contributed by atoms with van der Waals surface area (Å²) in [5.41, 5.74) is 2.95. The van der Waals surface area contributed by atoms with Crippen molar-refractivity contribution in [1.82, 2.24) is 9.78 Å². The van der Waals surface area contributed by atoms with Gasteiger partial charge in [0.1, 0.15) is 0 Å². The van der Waals surface area contributed by atoms with Crippen LogP contribution in [0.5, 0.6) is 5.75 Å². The zero-order valence-corrected chi connectivity index (χ0v) is 15.3. The first-order valence-electron chi connectivity index (χ1n) is 7.49.